The second-order valence-corrected chi connectivity index (χ2v) is 9.87. The molecule has 1 aromatic carbocycles. The molecule has 1 amide bonds. The summed E-state index contributed by atoms with van der Waals surface area (Å²) in [6, 6.07) is 14.5. The highest BCUT2D eigenvalue weighted by atomic mass is 16.4. The molecule has 4 aromatic rings. The Bertz CT molecular complexity index is 1340. The van der Waals surface area contributed by atoms with Gasteiger partial charge in [0.2, 0.25) is 18.2 Å². The van der Waals surface area contributed by atoms with Crippen molar-refractivity contribution in [3.8, 4) is 17.1 Å². The normalized spacial score (nSPS) is 20.2. The number of aromatic nitrogens is 5. The van der Waals surface area contributed by atoms with E-state index in [1.165, 1.54) is 6.39 Å². The van der Waals surface area contributed by atoms with E-state index >= 15 is 0 Å². The molecular formula is C27H30N8O2. The molecule has 0 bridgehead atoms. The number of anilines is 1. The number of rotatable bonds is 5. The third-order valence-electron chi connectivity index (χ3n) is 7.33. The van der Waals surface area contributed by atoms with Gasteiger partial charge in [0.15, 0.2) is 0 Å². The van der Waals surface area contributed by atoms with Crippen molar-refractivity contribution in [1.82, 2.24) is 34.8 Å². The average molecular weight is 499 g/mol. The topological polar surface area (TPSA) is 96.4 Å². The molecule has 1 saturated heterocycles. The number of piperazine rings is 1. The summed E-state index contributed by atoms with van der Waals surface area (Å²) < 4.78 is 7.18. The molecule has 37 heavy (non-hydrogen) atoms. The molecule has 0 radical (unpaired) electrons. The quantitative estimate of drug-likeness (QED) is 0.415. The molecule has 190 valence electrons. The molecule has 2 aliphatic rings. The van der Waals surface area contributed by atoms with Crippen molar-refractivity contribution in [1.29, 1.82) is 0 Å². The van der Waals surface area contributed by atoms with Crippen LogP contribution in [0.3, 0.4) is 0 Å². The van der Waals surface area contributed by atoms with Gasteiger partial charge in [-0.1, -0.05) is 18.2 Å². The highest BCUT2D eigenvalue weighted by Crippen LogP contribution is 2.25. The van der Waals surface area contributed by atoms with Gasteiger partial charge in [0.25, 0.3) is 0 Å². The predicted molar refractivity (Wildman–Crippen MR) is 138 cm³/mol. The van der Waals surface area contributed by atoms with Crippen LogP contribution in [0.4, 0.5) is 5.82 Å². The number of carbonyl (C=O) groups is 1. The summed E-state index contributed by atoms with van der Waals surface area (Å²) in [4.78, 5) is 24.6. The van der Waals surface area contributed by atoms with Gasteiger partial charge in [-0.05, 0) is 38.1 Å². The number of benzene rings is 1. The Morgan fingerprint density at radius 3 is 2.59 bits per heavy atom. The van der Waals surface area contributed by atoms with Gasteiger partial charge in [0.1, 0.15) is 5.82 Å². The molecule has 0 aliphatic carbocycles. The van der Waals surface area contributed by atoms with Gasteiger partial charge in [0, 0.05) is 62.6 Å². The van der Waals surface area contributed by atoms with Gasteiger partial charge in [0.05, 0.1) is 23.5 Å². The van der Waals surface area contributed by atoms with E-state index < -0.39 is 0 Å². The first kappa shape index (κ1) is 23.4. The highest BCUT2D eigenvalue weighted by Gasteiger charge is 2.33. The lowest BCUT2D eigenvalue weighted by molar-refractivity contribution is -0.134. The second kappa shape index (κ2) is 9.78. The largest absolute Gasteiger partial charge is 0.423 e. The zero-order valence-electron chi connectivity index (χ0n) is 21.1. The maximum atomic E-state index is 13.4. The molecule has 3 aromatic heterocycles. The Labute approximate surface area is 215 Å². The zero-order chi connectivity index (χ0) is 25.4. The minimum Gasteiger partial charge on any atom is -0.423 e. The van der Waals surface area contributed by atoms with Crippen molar-refractivity contribution in [3.05, 3.63) is 72.5 Å². The SMILES string of the molecule is C[C@@H]1CN(c2ccc(-c3nnco3)cn2)C[C@H](C)N1CC(=O)N1CCc2nn(-c3ccccc3)cc2C1. The summed E-state index contributed by atoms with van der Waals surface area (Å²) in [6.45, 7) is 7.71. The lowest BCUT2D eigenvalue weighted by Gasteiger charge is -2.45. The van der Waals surface area contributed by atoms with Crippen LogP contribution in [0.1, 0.15) is 25.1 Å². The first-order valence-corrected chi connectivity index (χ1v) is 12.7. The molecule has 10 nitrogen and oxygen atoms in total. The van der Waals surface area contributed by atoms with Crippen molar-refractivity contribution < 1.29 is 9.21 Å². The molecule has 10 heteroatoms. The number of hydrogen-bond acceptors (Lipinski definition) is 8. The number of pyridine rings is 1. The van der Waals surface area contributed by atoms with Crippen LogP contribution in [0.25, 0.3) is 17.1 Å². The molecule has 0 saturated carbocycles. The van der Waals surface area contributed by atoms with Gasteiger partial charge in [-0.15, -0.1) is 10.2 Å². The Balaban J connectivity index is 1.08. The molecule has 2 atom stereocenters. The van der Waals surface area contributed by atoms with Crippen LogP contribution in [-0.4, -0.2) is 78.9 Å². The van der Waals surface area contributed by atoms with Gasteiger partial charge in [-0.3, -0.25) is 9.69 Å². The molecular weight excluding hydrogens is 468 g/mol. The van der Waals surface area contributed by atoms with E-state index in [1.54, 1.807) is 6.20 Å². The van der Waals surface area contributed by atoms with E-state index in [0.29, 0.717) is 25.5 Å². The molecule has 6 rings (SSSR count). The standard InChI is InChI=1S/C27H30N8O2/c1-19-13-33(25-9-8-21(12-28-25)27-30-29-18-37-27)14-20(2)34(19)17-26(36)32-11-10-24-22(15-32)16-35(31-24)23-6-4-3-5-7-23/h3-9,12,16,18-20H,10-11,13-15,17H2,1-2H3/t19-,20+. The van der Waals surface area contributed by atoms with Crippen LogP contribution in [0, 0.1) is 0 Å². The number of para-hydroxylation sites is 1. The monoisotopic (exact) mass is 498 g/mol. The molecule has 2 aliphatic heterocycles. The van der Waals surface area contributed by atoms with E-state index in [1.807, 2.05) is 52.0 Å². The van der Waals surface area contributed by atoms with Gasteiger partial charge >= 0.3 is 0 Å². The number of carbonyl (C=O) groups excluding carboxylic acids is 1. The molecule has 0 unspecified atom stereocenters. The van der Waals surface area contributed by atoms with Crippen molar-refractivity contribution >= 4 is 11.7 Å². The van der Waals surface area contributed by atoms with Gasteiger partial charge < -0.3 is 14.2 Å². The fourth-order valence-corrected chi connectivity index (χ4v) is 5.35. The van der Waals surface area contributed by atoms with Crippen molar-refractivity contribution in [2.24, 2.45) is 0 Å². The summed E-state index contributed by atoms with van der Waals surface area (Å²) in [5.74, 6) is 1.54. The average Bonchev–Trinajstić information content (AvgIpc) is 3.61. The van der Waals surface area contributed by atoms with E-state index in [4.69, 9.17) is 9.52 Å². The van der Waals surface area contributed by atoms with Gasteiger partial charge in [-0.2, -0.15) is 5.10 Å². The minimum atomic E-state index is 0.173. The Morgan fingerprint density at radius 1 is 1.08 bits per heavy atom. The van der Waals surface area contributed by atoms with E-state index in [2.05, 4.69) is 45.0 Å². The summed E-state index contributed by atoms with van der Waals surface area (Å²) in [6.07, 6.45) is 5.92. The molecule has 0 spiro atoms. The molecule has 0 N–H and O–H groups in total. The van der Waals surface area contributed by atoms with E-state index in [9.17, 15) is 4.79 Å². The van der Waals surface area contributed by atoms with E-state index in [-0.39, 0.29) is 18.0 Å². The number of fused-ring (bicyclic) bond motifs is 1. The highest BCUT2D eigenvalue weighted by molar-refractivity contribution is 5.78. The summed E-state index contributed by atoms with van der Waals surface area (Å²) >= 11 is 0. The Hall–Kier alpha value is -4.05. The van der Waals surface area contributed by atoms with Crippen LogP contribution in [0.2, 0.25) is 0 Å². The smallest absolute Gasteiger partial charge is 0.248 e. The van der Waals surface area contributed by atoms with Gasteiger partial charge in [-0.25, -0.2) is 9.67 Å². The lowest BCUT2D eigenvalue weighted by atomic mass is 10.1. The van der Waals surface area contributed by atoms with Crippen LogP contribution in [-0.2, 0) is 17.8 Å². The second-order valence-electron chi connectivity index (χ2n) is 9.87. The maximum Gasteiger partial charge on any atom is 0.248 e. The van der Waals surface area contributed by atoms with Crippen molar-refractivity contribution in [2.75, 3.05) is 31.1 Å². The lowest BCUT2D eigenvalue weighted by Crippen LogP contribution is -2.59. The predicted octanol–water partition coefficient (Wildman–Crippen LogP) is 2.80. The molecule has 1 fully saturated rings. The van der Waals surface area contributed by atoms with Crippen molar-refractivity contribution in [2.45, 2.75) is 38.9 Å². The summed E-state index contributed by atoms with van der Waals surface area (Å²) in [5.41, 5.74) is 4.05. The van der Waals surface area contributed by atoms with Crippen LogP contribution < -0.4 is 4.90 Å². The fourth-order valence-electron chi connectivity index (χ4n) is 5.35. The third-order valence-corrected chi connectivity index (χ3v) is 7.33. The first-order chi connectivity index (χ1) is 18.0. The fraction of sp³-hybridized carbons (Fsp3) is 0.370. The Morgan fingerprint density at radius 2 is 1.89 bits per heavy atom. The van der Waals surface area contributed by atoms with E-state index in [0.717, 1.165) is 47.8 Å². The maximum absolute atomic E-state index is 13.4. The van der Waals surface area contributed by atoms with Crippen LogP contribution >= 0.6 is 0 Å². The summed E-state index contributed by atoms with van der Waals surface area (Å²) in [7, 11) is 0. The number of amides is 1. The summed E-state index contributed by atoms with van der Waals surface area (Å²) in [5, 5.41) is 12.4. The zero-order valence-corrected chi connectivity index (χ0v) is 21.1. The van der Waals surface area contributed by atoms with Crippen LogP contribution in [0.5, 0.6) is 0 Å². The molecule has 5 heterocycles. The number of hydrogen-bond donors (Lipinski definition) is 0. The number of nitrogens with zero attached hydrogens (tertiary/aromatic N) is 8. The Kier molecular flexibility index (Phi) is 6.17. The van der Waals surface area contributed by atoms with Crippen LogP contribution in [0.15, 0.2) is 65.7 Å². The first-order valence-electron chi connectivity index (χ1n) is 12.7. The minimum absolute atomic E-state index is 0.173. The third kappa shape index (κ3) is 4.72. The van der Waals surface area contributed by atoms with Crippen molar-refractivity contribution in [3.63, 3.8) is 0 Å².